The first-order chi connectivity index (χ1) is 20.9. The van der Waals surface area contributed by atoms with Gasteiger partial charge in [-0.05, 0) is 60.2 Å². The molecule has 0 saturated heterocycles. The molecule has 238 valence electrons. The summed E-state index contributed by atoms with van der Waals surface area (Å²) in [6.07, 6.45) is 2.17. The minimum atomic E-state index is -3.71. The second-order valence-electron chi connectivity index (χ2n) is 10.1. The summed E-state index contributed by atoms with van der Waals surface area (Å²) < 4.78 is 62.7. The molecule has 5 rings (SSSR count). The monoisotopic (exact) mass is 776 g/mol. The van der Waals surface area contributed by atoms with E-state index in [-0.39, 0.29) is 43.6 Å². The zero-order valence-corrected chi connectivity index (χ0v) is 29.3. The van der Waals surface area contributed by atoms with Crippen molar-refractivity contribution < 1.29 is 31.1 Å². The van der Waals surface area contributed by atoms with Gasteiger partial charge in [0.15, 0.2) is 25.4 Å². The highest BCUT2D eigenvalue weighted by Crippen LogP contribution is 2.46. The Labute approximate surface area is 283 Å². The Morgan fingerprint density at radius 2 is 1.38 bits per heavy atom. The van der Waals surface area contributed by atoms with E-state index in [1.54, 1.807) is 19.2 Å². The number of carbonyl (C=O) groups excluding carboxylic acids is 1. The summed E-state index contributed by atoms with van der Waals surface area (Å²) in [5.41, 5.74) is -1.47. The highest BCUT2D eigenvalue weighted by molar-refractivity contribution is 9.10. The number of hydrogen-bond donors (Lipinski definition) is 2. The fourth-order valence-corrected chi connectivity index (χ4v) is 7.77. The van der Waals surface area contributed by atoms with E-state index < -0.39 is 37.1 Å². The van der Waals surface area contributed by atoms with Crippen molar-refractivity contribution in [3.8, 4) is 0 Å². The second kappa shape index (κ2) is 13.2. The molecule has 15 heteroatoms. The molecule has 0 fully saturated rings. The summed E-state index contributed by atoms with van der Waals surface area (Å²) >= 11 is 20.8. The van der Waals surface area contributed by atoms with Crippen molar-refractivity contribution in [2.75, 3.05) is 24.9 Å². The van der Waals surface area contributed by atoms with Gasteiger partial charge in [0, 0.05) is 44.7 Å². The zero-order valence-electron chi connectivity index (χ0n) is 23.8. The molecule has 1 aliphatic heterocycles. The third-order valence-corrected chi connectivity index (χ3v) is 10.4. The fourth-order valence-electron chi connectivity index (χ4n) is 4.88. The number of anilines is 1. The van der Waals surface area contributed by atoms with Crippen LogP contribution in [0.2, 0.25) is 15.1 Å². The molecule has 0 saturated carbocycles. The van der Waals surface area contributed by atoms with Crippen molar-refractivity contribution in [1.82, 2.24) is 4.90 Å². The Kier molecular flexibility index (Phi) is 10.3. The highest BCUT2D eigenvalue weighted by atomic mass is 79.9. The maximum Gasteiger partial charge on any atom is 0.257 e. The van der Waals surface area contributed by atoms with Crippen LogP contribution in [0.25, 0.3) is 0 Å². The number of fused-ring (bicyclic) bond motifs is 1. The maximum absolute atomic E-state index is 15.1. The van der Waals surface area contributed by atoms with E-state index in [1.165, 1.54) is 54.6 Å². The number of benzene rings is 4. The Morgan fingerprint density at radius 3 is 1.93 bits per heavy atom. The molecule has 0 radical (unpaired) electrons. The van der Waals surface area contributed by atoms with Crippen molar-refractivity contribution in [3.05, 3.63) is 120 Å². The minimum absolute atomic E-state index is 0.0378. The Hall–Kier alpha value is -2.71. The van der Waals surface area contributed by atoms with Crippen molar-refractivity contribution in [2.24, 2.45) is 0 Å². The van der Waals surface area contributed by atoms with Gasteiger partial charge in [-0.25, -0.2) is 21.2 Å². The van der Waals surface area contributed by atoms with E-state index in [1.807, 2.05) is 0 Å². The SMILES string of the molecule is CNc1ccc(Cl)cc1S(C)(=O)=O.CS(=O)(=O)c1cc(Cl)ccc1CN1C(=O)c2cc(Br)cc(F)c2C1(O)c1ccc(Cl)cc1. The molecule has 2 N–H and O–H groups in total. The van der Waals surface area contributed by atoms with Crippen molar-refractivity contribution in [1.29, 1.82) is 0 Å². The van der Waals surface area contributed by atoms with E-state index in [4.69, 9.17) is 34.8 Å². The summed E-state index contributed by atoms with van der Waals surface area (Å²) in [4.78, 5) is 14.5. The number of halogens is 5. The average molecular weight is 779 g/mol. The minimum Gasteiger partial charge on any atom is -0.387 e. The molecule has 0 aliphatic carbocycles. The molecule has 1 atom stereocenters. The lowest BCUT2D eigenvalue weighted by atomic mass is 9.93. The number of nitrogens with zero attached hydrogens (tertiary/aromatic N) is 1. The molecule has 1 unspecified atom stereocenters. The van der Waals surface area contributed by atoms with E-state index in [9.17, 15) is 26.7 Å². The van der Waals surface area contributed by atoms with Gasteiger partial charge in [0.2, 0.25) is 0 Å². The van der Waals surface area contributed by atoms with E-state index in [0.717, 1.165) is 23.5 Å². The molecular formula is C30H25BrCl3FN2O6S2. The van der Waals surface area contributed by atoms with Gasteiger partial charge in [0.05, 0.1) is 33.2 Å². The molecule has 8 nitrogen and oxygen atoms in total. The lowest BCUT2D eigenvalue weighted by molar-refractivity contribution is -0.0565. The fraction of sp³-hybridized carbons (Fsp3) is 0.167. The Morgan fingerprint density at radius 1 is 0.844 bits per heavy atom. The summed E-state index contributed by atoms with van der Waals surface area (Å²) in [5.74, 6) is -1.45. The van der Waals surface area contributed by atoms with Crippen LogP contribution < -0.4 is 5.32 Å². The summed E-state index contributed by atoms with van der Waals surface area (Å²) in [6.45, 7) is -0.316. The first kappa shape index (κ1) is 35.1. The van der Waals surface area contributed by atoms with Gasteiger partial charge in [0.1, 0.15) is 5.82 Å². The molecule has 1 heterocycles. The van der Waals surface area contributed by atoms with Gasteiger partial charge in [-0.1, -0.05) is 68.9 Å². The predicted molar refractivity (Wildman–Crippen MR) is 177 cm³/mol. The van der Waals surface area contributed by atoms with Gasteiger partial charge in [-0.15, -0.1) is 0 Å². The first-order valence-electron chi connectivity index (χ1n) is 12.8. The normalized spacial score (nSPS) is 16.2. The van der Waals surface area contributed by atoms with Crippen LogP contribution in [-0.2, 0) is 31.9 Å². The van der Waals surface area contributed by atoms with Gasteiger partial charge in [-0.2, -0.15) is 0 Å². The van der Waals surface area contributed by atoms with Crippen LogP contribution in [0.1, 0.15) is 27.0 Å². The third kappa shape index (κ3) is 7.32. The largest absolute Gasteiger partial charge is 0.387 e. The molecule has 0 spiro atoms. The highest BCUT2D eigenvalue weighted by Gasteiger charge is 2.52. The molecule has 1 aliphatic rings. The van der Waals surface area contributed by atoms with Crippen LogP contribution in [-0.4, -0.2) is 52.3 Å². The molecular weight excluding hydrogens is 754 g/mol. The van der Waals surface area contributed by atoms with Crippen LogP contribution in [0, 0.1) is 5.82 Å². The standard InChI is InChI=1S/C22H15BrCl2FNO4S.C8H10ClNO2S/c1-32(30,31)19-10-16(25)5-2-12(19)11-27-21(28)17-8-14(23)9-18(26)20(17)22(27,29)13-3-6-15(24)7-4-13;1-10-7-4-3-6(9)5-8(7)13(2,11)12/h2-10,29H,11H2,1H3;3-5,10H,1-2H3. The van der Waals surface area contributed by atoms with Crippen LogP contribution in [0.4, 0.5) is 10.1 Å². The number of aliphatic hydroxyl groups is 1. The number of rotatable bonds is 6. The molecule has 4 aromatic carbocycles. The van der Waals surface area contributed by atoms with Crippen molar-refractivity contribution >= 4 is 82.0 Å². The van der Waals surface area contributed by atoms with Gasteiger partial charge >= 0.3 is 0 Å². The Balaban J connectivity index is 0.000000297. The summed E-state index contributed by atoms with van der Waals surface area (Å²) in [6, 6.07) is 17.5. The molecule has 45 heavy (non-hydrogen) atoms. The van der Waals surface area contributed by atoms with Gasteiger partial charge in [-0.3, -0.25) is 9.69 Å². The lowest BCUT2D eigenvalue weighted by Gasteiger charge is -2.35. The first-order valence-corrected chi connectivity index (χ1v) is 18.5. The molecule has 0 bridgehead atoms. The third-order valence-electron chi connectivity index (χ3n) is 6.89. The van der Waals surface area contributed by atoms with Crippen molar-refractivity contribution in [3.63, 3.8) is 0 Å². The topological polar surface area (TPSA) is 121 Å². The smallest absolute Gasteiger partial charge is 0.257 e. The van der Waals surface area contributed by atoms with Gasteiger partial charge < -0.3 is 10.4 Å². The second-order valence-corrected chi connectivity index (χ2v) is 16.3. The zero-order chi connectivity index (χ0) is 33.5. The number of nitrogens with one attached hydrogen (secondary N) is 1. The number of sulfone groups is 2. The quantitative estimate of drug-likeness (QED) is 0.218. The lowest BCUT2D eigenvalue weighted by Crippen LogP contribution is -2.44. The van der Waals surface area contributed by atoms with Crippen molar-refractivity contribution in [2.45, 2.75) is 22.1 Å². The van der Waals surface area contributed by atoms with E-state index >= 15 is 4.39 Å². The molecule has 1 amide bonds. The predicted octanol–water partition coefficient (Wildman–Crippen LogP) is 6.93. The average Bonchev–Trinajstić information content (AvgIpc) is 3.16. The summed E-state index contributed by atoms with van der Waals surface area (Å²) in [5, 5.41) is 15.6. The maximum atomic E-state index is 15.1. The van der Waals surface area contributed by atoms with Crippen LogP contribution >= 0.6 is 50.7 Å². The van der Waals surface area contributed by atoms with E-state index in [2.05, 4.69) is 21.2 Å². The number of hydrogen-bond acceptors (Lipinski definition) is 7. The molecule has 0 aromatic heterocycles. The van der Waals surface area contributed by atoms with Crippen LogP contribution in [0.5, 0.6) is 0 Å². The summed E-state index contributed by atoms with van der Waals surface area (Å²) in [7, 11) is -5.26. The van der Waals surface area contributed by atoms with Crippen LogP contribution in [0.3, 0.4) is 0 Å². The molecule has 4 aromatic rings. The van der Waals surface area contributed by atoms with E-state index in [0.29, 0.717) is 20.2 Å². The number of carbonyl (C=O) groups is 1. The number of amides is 1. The Bertz CT molecular complexity index is 2030. The van der Waals surface area contributed by atoms with Crippen LogP contribution in [0.15, 0.2) is 87.1 Å². The van der Waals surface area contributed by atoms with Gasteiger partial charge in [0.25, 0.3) is 5.91 Å².